The summed E-state index contributed by atoms with van der Waals surface area (Å²) < 4.78 is 9.58. The summed E-state index contributed by atoms with van der Waals surface area (Å²) in [6.07, 6.45) is 4.03. The highest BCUT2D eigenvalue weighted by Crippen LogP contribution is 2.39. The molecule has 5 nitrogen and oxygen atoms in total. The normalized spacial score (nSPS) is 24.9. The van der Waals surface area contributed by atoms with E-state index in [4.69, 9.17) is 10.5 Å². The van der Waals surface area contributed by atoms with Crippen LogP contribution >= 0.6 is 11.5 Å². The van der Waals surface area contributed by atoms with Crippen LogP contribution in [0, 0.1) is 0 Å². The highest BCUT2D eigenvalue weighted by molar-refractivity contribution is 7.11. The number of piperazine rings is 1. The number of ether oxygens (including phenoxy) is 1. The molecule has 2 N–H and O–H groups in total. The number of methoxy groups -OCH3 is 1. The Hall–Kier alpha value is -1.01. The smallest absolute Gasteiger partial charge is 0.197 e. The van der Waals surface area contributed by atoms with Gasteiger partial charge in [-0.1, -0.05) is 6.42 Å². The van der Waals surface area contributed by atoms with Gasteiger partial charge in [0.2, 0.25) is 0 Å². The van der Waals surface area contributed by atoms with Crippen LogP contribution in [0.3, 0.4) is 0 Å². The zero-order chi connectivity index (χ0) is 12.5. The van der Waals surface area contributed by atoms with E-state index in [0.29, 0.717) is 11.9 Å². The average molecular weight is 268 g/mol. The Morgan fingerprint density at radius 3 is 3.06 bits per heavy atom. The van der Waals surface area contributed by atoms with Crippen LogP contribution < -0.4 is 15.4 Å². The molecule has 0 saturated carbocycles. The lowest BCUT2D eigenvalue weighted by atomic mass is 10.00. The number of anilines is 2. The molecule has 2 fully saturated rings. The molecule has 6 heteroatoms. The summed E-state index contributed by atoms with van der Waals surface area (Å²) in [5.74, 6) is 1.27. The molecule has 0 aromatic carbocycles. The van der Waals surface area contributed by atoms with Crippen molar-refractivity contribution in [1.29, 1.82) is 0 Å². The quantitative estimate of drug-likeness (QED) is 0.879. The van der Waals surface area contributed by atoms with E-state index in [9.17, 15) is 0 Å². The van der Waals surface area contributed by atoms with Crippen LogP contribution in [0.5, 0.6) is 5.75 Å². The van der Waals surface area contributed by atoms with Crippen molar-refractivity contribution in [2.45, 2.75) is 25.3 Å². The number of nitrogen functional groups attached to an aromatic ring is 1. The standard InChI is InChI=1S/C12H20N4OS/c1-17-10-11(13)14-18-12(10)16-7-6-15-5-3-2-4-9(15)8-16/h9H,2-8H2,1H3,(H2,13,14). The van der Waals surface area contributed by atoms with E-state index in [1.54, 1.807) is 7.11 Å². The minimum Gasteiger partial charge on any atom is -0.490 e. The van der Waals surface area contributed by atoms with Crippen molar-refractivity contribution < 1.29 is 4.74 Å². The number of fused-ring (bicyclic) bond motifs is 1. The van der Waals surface area contributed by atoms with Gasteiger partial charge in [-0.2, -0.15) is 4.37 Å². The van der Waals surface area contributed by atoms with E-state index < -0.39 is 0 Å². The van der Waals surface area contributed by atoms with Crippen LogP contribution in [-0.4, -0.2) is 48.6 Å². The second-order valence-electron chi connectivity index (χ2n) is 5.04. The van der Waals surface area contributed by atoms with Gasteiger partial charge in [-0.3, -0.25) is 4.90 Å². The first kappa shape index (κ1) is 12.0. The lowest BCUT2D eigenvalue weighted by Crippen LogP contribution is -2.54. The average Bonchev–Trinajstić information content (AvgIpc) is 2.79. The van der Waals surface area contributed by atoms with Crippen molar-refractivity contribution >= 4 is 22.4 Å². The first-order valence-corrected chi connectivity index (χ1v) is 7.35. The molecule has 3 rings (SSSR count). The van der Waals surface area contributed by atoms with Gasteiger partial charge in [0, 0.05) is 25.7 Å². The van der Waals surface area contributed by atoms with E-state index in [1.165, 1.54) is 37.3 Å². The predicted molar refractivity (Wildman–Crippen MR) is 74.5 cm³/mol. The summed E-state index contributed by atoms with van der Waals surface area (Å²) in [6.45, 7) is 4.54. The van der Waals surface area contributed by atoms with E-state index in [1.807, 2.05) is 0 Å². The number of nitrogens with zero attached hydrogens (tertiary/aromatic N) is 3. The molecule has 18 heavy (non-hydrogen) atoms. The van der Waals surface area contributed by atoms with E-state index in [0.717, 1.165) is 30.4 Å². The lowest BCUT2D eigenvalue weighted by Gasteiger charge is -2.44. The maximum Gasteiger partial charge on any atom is 0.197 e. The van der Waals surface area contributed by atoms with Crippen LogP contribution in [0.1, 0.15) is 19.3 Å². The molecule has 0 amide bonds. The molecule has 1 atom stereocenters. The van der Waals surface area contributed by atoms with Crippen LogP contribution in [-0.2, 0) is 0 Å². The Balaban J connectivity index is 1.77. The van der Waals surface area contributed by atoms with Gasteiger partial charge in [-0.15, -0.1) is 0 Å². The first-order chi connectivity index (χ1) is 8.79. The van der Waals surface area contributed by atoms with Crippen LogP contribution in [0.25, 0.3) is 0 Å². The maximum atomic E-state index is 5.83. The SMILES string of the molecule is COc1c(N)nsc1N1CCN2CCCCC2C1. The molecule has 0 aliphatic carbocycles. The molecular weight excluding hydrogens is 248 g/mol. The van der Waals surface area contributed by atoms with Crippen molar-refractivity contribution in [2.75, 3.05) is 43.9 Å². The zero-order valence-electron chi connectivity index (χ0n) is 10.8. The summed E-state index contributed by atoms with van der Waals surface area (Å²) >= 11 is 1.45. The second kappa shape index (κ2) is 4.93. The largest absolute Gasteiger partial charge is 0.490 e. The molecule has 0 bridgehead atoms. The second-order valence-corrected chi connectivity index (χ2v) is 5.79. The Morgan fingerprint density at radius 1 is 1.33 bits per heavy atom. The van der Waals surface area contributed by atoms with Gasteiger partial charge in [0.15, 0.2) is 16.6 Å². The molecule has 1 unspecified atom stereocenters. The third kappa shape index (κ3) is 2.03. The molecular formula is C12H20N4OS. The highest BCUT2D eigenvalue weighted by atomic mass is 32.1. The summed E-state index contributed by atoms with van der Waals surface area (Å²) in [4.78, 5) is 5.01. The fraction of sp³-hybridized carbons (Fsp3) is 0.750. The number of nitrogens with two attached hydrogens (primary N) is 1. The molecule has 0 spiro atoms. The summed E-state index contributed by atoms with van der Waals surface area (Å²) in [6, 6.07) is 0.695. The third-order valence-electron chi connectivity index (χ3n) is 3.99. The van der Waals surface area contributed by atoms with Crippen molar-refractivity contribution in [2.24, 2.45) is 0 Å². The fourth-order valence-electron chi connectivity index (χ4n) is 3.02. The molecule has 1 aromatic heterocycles. The molecule has 2 aliphatic heterocycles. The fourth-order valence-corrected chi connectivity index (χ4v) is 3.84. The molecule has 1 aromatic rings. The Labute approximate surface area is 112 Å². The van der Waals surface area contributed by atoms with Gasteiger partial charge in [-0.05, 0) is 30.9 Å². The number of hydrogen-bond acceptors (Lipinski definition) is 6. The van der Waals surface area contributed by atoms with Crippen LogP contribution in [0.15, 0.2) is 0 Å². The van der Waals surface area contributed by atoms with E-state index in [-0.39, 0.29) is 0 Å². The lowest BCUT2D eigenvalue weighted by molar-refractivity contribution is 0.133. The first-order valence-electron chi connectivity index (χ1n) is 6.57. The van der Waals surface area contributed by atoms with Crippen LogP contribution in [0.4, 0.5) is 10.8 Å². The maximum absolute atomic E-state index is 5.83. The van der Waals surface area contributed by atoms with Crippen molar-refractivity contribution in [3.63, 3.8) is 0 Å². The Bertz CT molecular complexity index is 422. The monoisotopic (exact) mass is 268 g/mol. The van der Waals surface area contributed by atoms with Crippen molar-refractivity contribution in [3.8, 4) is 5.75 Å². The van der Waals surface area contributed by atoms with Gasteiger partial charge in [-0.25, -0.2) is 0 Å². The molecule has 3 heterocycles. The van der Waals surface area contributed by atoms with Gasteiger partial charge >= 0.3 is 0 Å². The molecule has 2 aliphatic rings. The minimum atomic E-state index is 0.517. The Kier molecular flexibility index (Phi) is 3.30. The van der Waals surface area contributed by atoms with E-state index >= 15 is 0 Å². The summed E-state index contributed by atoms with van der Waals surface area (Å²) in [5, 5.41) is 1.10. The van der Waals surface area contributed by atoms with Gasteiger partial charge in [0.25, 0.3) is 0 Å². The van der Waals surface area contributed by atoms with Crippen LogP contribution in [0.2, 0.25) is 0 Å². The predicted octanol–water partition coefficient (Wildman–Crippen LogP) is 1.41. The van der Waals surface area contributed by atoms with Crippen molar-refractivity contribution in [1.82, 2.24) is 9.27 Å². The third-order valence-corrected chi connectivity index (χ3v) is 4.89. The van der Waals surface area contributed by atoms with Gasteiger partial charge in [0.1, 0.15) is 0 Å². The number of hydrogen-bond donors (Lipinski definition) is 1. The topological polar surface area (TPSA) is 54.6 Å². The van der Waals surface area contributed by atoms with Gasteiger partial charge in [0.05, 0.1) is 7.11 Å². The number of rotatable bonds is 2. The van der Waals surface area contributed by atoms with Crippen molar-refractivity contribution in [3.05, 3.63) is 0 Å². The molecule has 2 saturated heterocycles. The van der Waals surface area contributed by atoms with E-state index in [2.05, 4.69) is 14.2 Å². The molecule has 100 valence electrons. The number of aromatic nitrogens is 1. The summed E-state index contributed by atoms with van der Waals surface area (Å²) in [7, 11) is 1.67. The zero-order valence-corrected chi connectivity index (χ0v) is 11.6. The summed E-state index contributed by atoms with van der Waals surface area (Å²) in [5.41, 5.74) is 5.83. The number of piperidine rings is 1. The highest BCUT2D eigenvalue weighted by Gasteiger charge is 2.31. The molecule has 0 radical (unpaired) electrons. The Morgan fingerprint density at radius 2 is 2.22 bits per heavy atom. The minimum absolute atomic E-state index is 0.517. The van der Waals surface area contributed by atoms with Gasteiger partial charge < -0.3 is 15.4 Å².